The van der Waals surface area contributed by atoms with Crippen molar-refractivity contribution in [3.8, 4) is 0 Å². The van der Waals surface area contributed by atoms with Crippen molar-refractivity contribution in [1.29, 1.82) is 0 Å². The predicted molar refractivity (Wildman–Crippen MR) is 70.5 cm³/mol. The number of hydrogen-bond acceptors (Lipinski definition) is 3. The zero-order valence-electron chi connectivity index (χ0n) is 9.49. The normalized spacial score (nSPS) is 10.4. The molecule has 1 aromatic heterocycles. The molecule has 0 aliphatic heterocycles. The van der Waals surface area contributed by atoms with Crippen molar-refractivity contribution in [2.75, 3.05) is 0 Å². The summed E-state index contributed by atoms with van der Waals surface area (Å²) < 4.78 is 2.22. The van der Waals surface area contributed by atoms with Gasteiger partial charge >= 0.3 is 0 Å². The molecule has 4 nitrogen and oxygen atoms in total. The highest BCUT2D eigenvalue weighted by molar-refractivity contribution is 14.1. The standard InChI is InChI=1S/C11H15IN2O2/c1-3-9(15)5-4-6-14-7-13-8(2)10(12)11(14)16/h7H,3-6H2,1-2H3. The summed E-state index contributed by atoms with van der Waals surface area (Å²) in [7, 11) is 0. The van der Waals surface area contributed by atoms with Gasteiger partial charge in [-0.1, -0.05) is 6.92 Å². The number of aryl methyl sites for hydroxylation is 2. The zero-order chi connectivity index (χ0) is 12.1. The molecule has 0 aliphatic rings. The van der Waals surface area contributed by atoms with Crippen LogP contribution < -0.4 is 5.56 Å². The van der Waals surface area contributed by atoms with Gasteiger partial charge in [-0.15, -0.1) is 0 Å². The first-order valence-corrected chi connectivity index (χ1v) is 6.37. The maximum absolute atomic E-state index is 11.8. The molecule has 0 bridgehead atoms. The van der Waals surface area contributed by atoms with Gasteiger partial charge in [0.15, 0.2) is 0 Å². The highest BCUT2D eigenvalue weighted by Crippen LogP contribution is 2.02. The van der Waals surface area contributed by atoms with Crippen LogP contribution in [0.1, 0.15) is 31.9 Å². The number of halogens is 1. The lowest BCUT2D eigenvalue weighted by molar-refractivity contribution is -0.118. The molecule has 16 heavy (non-hydrogen) atoms. The van der Waals surface area contributed by atoms with Crippen molar-refractivity contribution in [2.45, 2.75) is 39.7 Å². The first-order chi connectivity index (χ1) is 7.56. The number of carbonyl (C=O) groups excluding carboxylic acids is 1. The predicted octanol–water partition coefficient (Wildman–Crippen LogP) is 1.92. The summed E-state index contributed by atoms with van der Waals surface area (Å²) in [6.07, 6.45) is 3.36. The molecule has 0 radical (unpaired) electrons. The number of Topliss-reactive ketones (excluding diaryl/α,β-unsaturated/α-hetero) is 1. The third-order valence-corrected chi connectivity index (χ3v) is 3.65. The van der Waals surface area contributed by atoms with Gasteiger partial charge in [-0.05, 0) is 35.9 Å². The lowest BCUT2D eigenvalue weighted by Crippen LogP contribution is -2.24. The van der Waals surface area contributed by atoms with Gasteiger partial charge in [-0.3, -0.25) is 14.2 Å². The quantitative estimate of drug-likeness (QED) is 0.773. The maximum atomic E-state index is 11.8. The Kier molecular flexibility index (Phi) is 5.11. The molecule has 0 atom stereocenters. The smallest absolute Gasteiger partial charge is 0.266 e. The molecular weight excluding hydrogens is 319 g/mol. The molecule has 0 aliphatic carbocycles. The van der Waals surface area contributed by atoms with Gasteiger partial charge in [0.05, 0.1) is 15.6 Å². The molecule has 0 saturated carbocycles. The molecule has 0 spiro atoms. The van der Waals surface area contributed by atoms with Crippen molar-refractivity contribution in [3.63, 3.8) is 0 Å². The van der Waals surface area contributed by atoms with Crippen LogP contribution in [0.5, 0.6) is 0 Å². The zero-order valence-corrected chi connectivity index (χ0v) is 11.7. The Balaban J connectivity index is 2.65. The second-order valence-corrected chi connectivity index (χ2v) is 4.72. The highest BCUT2D eigenvalue weighted by Gasteiger charge is 2.05. The highest BCUT2D eigenvalue weighted by atomic mass is 127. The number of rotatable bonds is 5. The number of nitrogens with zero attached hydrogens (tertiary/aromatic N) is 2. The largest absolute Gasteiger partial charge is 0.300 e. The molecule has 88 valence electrons. The summed E-state index contributed by atoms with van der Waals surface area (Å²) in [4.78, 5) is 27.0. The van der Waals surface area contributed by atoms with Crippen molar-refractivity contribution < 1.29 is 4.79 Å². The van der Waals surface area contributed by atoms with E-state index in [0.717, 1.165) is 5.69 Å². The average Bonchev–Trinajstić information content (AvgIpc) is 2.29. The van der Waals surface area contributed by atoms with Crippen LogP contribution in [-0.2, 0) is 11.3 Å². The van der Waals surface area contributed by atoms with Crippen molar-refractivity contribution in [2.24, 2.45) is 0 Å². The topological polar surface area (TPSA) is 52.0 Å². The fourth-order valence-electron chi connectivity index (χ4n) is 1.33. The Labute approximate surface area is 108 Å². The van der Waals surface area contributed by atoms with E-state index in [1.165, 1.54) is 0 Å². The summed E-state index contributed by atoms with van der Waals surface area (Å²) in [6.45, 7) is 4.23. The summed E-state index contributed by atoms with van der Waals surface area (Å²) in [5.74, 6) is 0.239. The van der Waals surface area contributed by atoms with Crippen molar-refractivity contribution in [3.05, 3.63) is 25.9 Å². The van der Waals surface area contributed by atoms with Crippen LogP contribution in [0.25, 0.3) is 0 Å². The molecule has 0 unspecified atom stereocenters. The van der Waals surface area contributed by atoms with Crippen LogP contribution in [0.2, 0.25) is 0 Å². The van der Waals surface area contributed by atoms with Gasteiger partial charge in [-0.2, -0.15) is 0 Å². The molecule has 1 aromatic rings. The molecule has 1 rings (SSSR count). The molecule has 0 fully saturated rings. The Morgan fingerprint density at radius 2 is 2.25 bits per heavy atom. The van der Waals surface area contributed by atoms with Gasteiger partial charge in [-0.25, -0.2) is 4.98 Å². The van der Waals surface area contributed by atoms with E-state index >= 15 is 0 Å². The second-order valence-electron chi connectivity index (χ2n) is 3.64. The van der Waals surface area contributed by atoms with Crippen LogP contribution >= 0.6 is 22.6 Å². The SMILES string of the molecule is CCC(=O)CCCn1cnc(C)c(I)c1=O. The van der Waals surface area contributed by atoms with E-state index < -0.39 is 0 Å². The average molecular weight is 334 g/mol. The Morgan fingerprint density at radius 1 is 1.56 bits per heavy atom. The van der Waals surface area contributed by atoms with Crippen LogP contribution in [0.3, 0.4) is 0 Å². The van der Waals surface area contributed by atoms with Crippen LogP contribution in [-0.4, -0.2) is 15.3 Å². The summed E-state index contributed by atoms with van der Waals surface area (Å²) >= 11 is 2.00. The number of ketones is 1. The Bertz CT molecular complexity index is 440. The third kappa shape index (κ3) is 3.40. The molecule has 0 saturated heterocycles. The van der Waals surface area contributed by atoms with Crippen LogP contribution in [0, 0.1) is 10.5 Å². The molecule has 0 N–H and O–H groups in total. The summed E-state index contributed by atoms with van der Waals surface area (Å²) in [5, 5.41) is 0. The molecule has 0 amide bonds. The summed E-state index contributed by atoms with van der Waals surface area (Å²) in [6, 6.07) is 0. The van der Waals surface area contributed by atoms with Crippen LogP contribution in [0.15, 0.2) is 11.1 Å². The Morgan fingerprint density at radius 3 is 2.88 bits per heavy atom. The fraction of sp³-hybridized carbons (Fsp3) is 0.545. The van der Waals surface area contributed by atoms with Gasteiger partial charge in [0.2, 0.25) is 0 Å². The fourth-order valence-corrected chi connectivity index (χ4v) is 1.78. The first kappa shape index (κ1) is 13.3. The number of carbonyl (C=O) groups is 1. The second kappa shape index (κ2) is 6.12. The van der Waals surface area contributed by atoms with Gasteiger partial charge in [0.1, 0.15) is 5.78 Å². The molecular formula is C11H15IN2O2. The van der Waals surface area contributed by atoms with Gasteiger partial charge < -0.3 is 0 Å². The minimum atomic E-state index is -0.0166. The first-order valence-electron chi connectivity index (χ1n) is 5.29. The van der Waals surface area contributed by atoms with E-state index in [1.54, 1.807) is 10.9 Å². The lowest BCUT2D eigenvalue weighted by Gasteiger charge is -2.06. The Hall–Kier alpha value is -0.720. The van der Waals surface area contributed by atoms with E-state index in [2.05, 4.69) is 4.98 Å². The minimum absolute atomic E-state index is 0.0166. The van der Waals surface area contributed by atoms with Crippen molar-refractivity contribution >= 4 is 28.4 Å². The van der Waals surface area contributed by atoms with Crippen LogP contribution in [0.4, 0.5) is 0 Å². The minimum Gasteiger partial charge on any atom is -0.300 e. The van der Waals surface area contributed by atoms with E-state index in [1.807, 2.05) is 36.4 Å². The van der Waals surface area contributed by atoms with E-state index in [4.69, 9.17) is 0 Å². The van der Waals surface area contributed by atoms with E-state index in [9.17, 15) is 9.59 Å². The lowest BCUT2D eigenvalue weighted by atomic mass is 10.2. The summed E-state index contributed by atoms with van der Waals surface area (Å²) in [5.41, 5.74) is 0.739. The number of aromatic nitrogens is 2. The van der Waals surface area contributed by atoms with Gasteiger partial charge in [0, 0.05) is 19.4 Å². The van der Waals surface area contributed by atoms with Crippen molar-refractivity contribution in [1.82, 2.24) is 9.55 Å². The number of hydrogen-bond donors (Lipinski definition) is 0. The monoisotopic (exact) mass is 334 g/mol. The molecule has 5 heteroatoms. The molecule has 0 aromatic carbocycles. The van der Waals surface area contributed by atoms with E-state index in [0.29, 0.717) is 29.4 Å². The van der Waals surface area contributed by atoms with E-state index in [-0.39, 0.29) is 11.3 Å². The third-order valence-electron chi connectivity index (χ3n) is 2.41. The van der Waals surface area contributed by atoms with Gasteiger partial charge in [0.25, 0.3) is 5.56 Å². The maximum Gasteiger partial charge on any atom is 0.266 e. The molecule has 1 heterocycles.